The molecule has 0 aromatic carbocycles. The van der Waals surface area contributed by atoms with Gasteiger partial charge in [-0.2, -0.15) is 0 Å². The van der Waals surface area contributed by atoms with Gasteiger partial charge in [0, 0.05) is 9.65 Å². The van der Waals surface area contributed by atoms with Crippen LogP contribution in [0.25, 0.3) is 0 Å². The highest BCUT2D eigenvalue weighted by Gasteiger charge is 2.08. The topological polar surface area (TPSA) is 0 Å². The van der Waals surface area contributed by atoms with Crippen molar-refractivity contribution < 1.29 is 0 Å². The summed E-state index contributed by atoms with van der Waals surface area (Å²) in [6.07, 6.45) is 14.0. The molecule has 3 unspecified atom stereocenters. The van der Waals surface area contributed by atoms with Crippen molar-refractivity contribution in [3.63, 3.8) is 0 Å². The molecule has 0 heterocycles. The molecule has 122 valence electrons. The van der Waals surface area contributed by atoms with Crippen molar-refractivity contribution in [1.82, 2.24) is 0 Å². The van der Waals surface area contributed by atoms with Gasteiger partial charge >= 0.3 is 0 Å². The molecule has 0 rings (SSSR count). The van der Waals surface area contributed by atoms with Gasteiger partial charge < -0.3 is 0 Å². The fraction of sp³-hybridized carbons (Fsp3) is 1.00. The summed E-state index contributed by atoms with van der Waals surface area (Å²) >= 11 is 7.40. The van der Waals surface area contributed by atoms with E-state index in [1.54, 1.807) is 0 Å². The van der Waals surface area contributed by atoms with Crippen LogP contribution in [0.2, 0.25) is 0 Å². The van der Waals surface area contributed by atoms with Crippen LogP contribution in [0.3, 0.4) is 0 Å². The average molecular weight is 412 g/mol. The highest BCUT2D eigenvalue weighted by atomic mass is 79.9. The van der Waals surface area contributed by atoms with E-state index in [0.717, 1.165) is 16.7 Å². The van der Waals surface area contributed by atoms with E-state index in [1.807, 2.05) is 0 Å². The van der Waals surface area contributed by atoms with Crippen LogP contribution in [0.5, 0.6) is 0 Å². The molecule has 20 heavy (non-hydrogen) atoms. The Balaban J connectivity index is 3.29. The quantitative estimate of drug-likeness (QED) is 0.215. The van der Waals surface area contributed by atoms with E-state index in [2.05, 4.69) is 59.6 Å². The lowest BCUT2D eigenvalue weighted by Crippen LogP contribution is -2.06. The van der Waals surface area contributed by atoms with Crippen molar-refractivity contribution in [2.75, 3.05) is 0 Å². The molecule has 3 atom stereocenters. The number of unbranched alkanes of at least 4 members (excludes halogenated alkanes) is 4. The smallest absolute Gasteiger partial charge is 0.0168 e. The standard InChI is InChI=1S/C18H36Br2/c1-15(2)18(20)14-8-6-5-7-11-16(3)12-9-10-13-17(4)19/h15-18H,5-14H2,1-4H3. The van der Waals surface area contributed by atoms with Crippen LogP contribution in [-0.4, -0.2) is 9.65 Å². The zero-order valence-electron chi connectivity index (χ0n) is 14.1. The SMILES string of the molecule is CC(Br)CCCCC(C)CCCCCCC(Br)C(C)C. The molecule has 0 aliphatic rings. The summed E-state index contributed by atoms with van der Waals surface area (Å²) in [7, 11) is 0. The molecule has 2 heteroatoms. The summed E-state index contributed by atoms with van der Waals surface area (Å²) in [6.45, 7) is 9.29. The Bertz CT molecular complexity index is 202. The van der Waals surface area contributed by atoms with Crippen LogP contribution >= 0.6 is 31.9 Å². The van der Waals surface area contributed by atoms with Crippen LogP contribution in [0.1, 0.15) is 91.9 Å². The number of alkyl halides is 2. The van der Waals surface area contributed by atoms with Crippen molar-refractivity contribution in [1.29, 1.82) is 0 Å². The van der Waals surface area contributed by atoms with Crippen molar-refractivity contribution in [3.8, 4) is 0 Å². The van der Waals surface area contributed by atoms with E-state index < -0.39 is 0 Å². The van der Waals surface area contributed by atoms with Gasteiger partial charge in [-0.25, -0.2) is 0 Å². The molecule has 0 aromatic heterocycles. The fourth-order valence-corrected chi connectivity index (χ4v) is 3.23. The zero-order chi connectivity index (χ0) is 15.4. The largest absolute Gasteiger partial charge is 0.0894 e. The lowest BCUT2D eigenvalue weighted by molar-refractivity contribution is 0.433. The molecule has 0 aliphatic heterocycles. The number of hydrogen-bond donors (Lipinski definition) is 0. The summed E-state index contributed by atoms with van der Waals surface area (Å²) in [5.74, 6) is 1.71. The van der Waals surface area contributed by atoms with E-state index in [1.165, 1.54) is 64.2 Å². The molecule has 0 saturated carbocycles. The average Bonchev–Trinajstić information content (AvgIpc) is 2.38. The molecule has 0 radical (unpaired) electrons. The van der Waals surface area contributed by atoms with E-state index in [0.29, 0.717) is 4.83 Å². The molecule has 0 nitrogen and oxygen atoms in total. The summed E-state index contributed by atoms with van der Waals surface area (Å²) < 4.78 is 0. The first-order valence-electron chi connectivity index (χ1n) is 8.71. The maximum atomic E-state index is 3.78. The summed E-state index contributed by atoms with van der Waals surface area (Å²) in [5, 5.41) is 0. The number of halogens is 2. The normalized spacial score (nSPS) is 16.4. The van der Waals surface area contributed by atoms with Crippen LogP contribution < -0.4 is 0 Å². The molecule has 0 N–H and O–H groups in total. The van der Waals surface area contributed by atoms with Crippen LogP contribution in [0.15, 0.2) is 0 Å². The van der Waals surface area contributed by atoms with Gasteiger partial charge in [-0.05, 0) is 24.7 Å². The fourth-order valence-electron chi connectivity index (χ4n) is 2.58. The molecular formula is C18H36Br2. The van der Waals surface area contributed by atoms with E-state index in [-0.39, 0.29) is 0 Å². The van der Waals surface area contributed by atoms with Crippen molar-refractivity contribution in [2.24, 2.45) is 11.8 Å². The Labute approximate surface area is 145 Å². The Kier molecular flexibility index (Phi) is 14.3. The molecule has 0 spiro atoms. The summed E-state index contributed by atoms with van der Waals surface area (Å²) in [4.78, 5) is 1.42. The van der Waals surface area contributed by atoms with E-state index in [4.69, 9.17) is 0 Å². The van der Waals surface area contributed by atoms with Gasteiger partial charge in [0.2, 0.25) is 0 Å². The highest BCUT2D eigenvalue weighted by Crippen LogP contribution is 2.21. The van der Waals surface area contributed by atoms with Crippen LogP contribution in [0.4, 0.5) is 0 Å². The van der Waals surface area contributed by atoms with E-state index >= 15 is 0 Å². The van der Waals surface area contributed by atoms with Gasteiger partial charge in [0.15, 0.2) is 0 Å². The molecule has 0 fully saturated rings. The minimum absolute atomic E-state index is 0.696. The third-order valence-corrected chi connectivity index (χ3v) is 6.17. The van der Waals surface area contributed by atoms with Gasteiger partial charge in [-0.1, -0.05) is 111 Å². The molecule has 0 amide bonds. The second-order valence-electron chi connectivity index (χ2n) is 6.92. The second-order valence-corrected chi connectivity index (χ2v) is 9.66. The third-order valence-electron chi connectivity index (χ3n) is 4.20. The van der Waals surface area contributed by atoms with Crippen molar-refractivity contribution in [3.05, 3.63) is 0 Å². The van der Waals surface area contributed by atoms with Crippen LogP contribution in [-0.2, 0) is 0 Å². The number of hydrogen-bond acceptors (Lipinski definition) is 0. The monoisotopic (exact) mass is 410 g/mol. The summed E-state index contributed by atoms with van der Waals surface area (Å²) in [6, 6.07) is 0. The number of rotatable bonds is 13. The lowest BCUT2D eigenvalue weighted by atomic mass is 9.96. The van der Waals surface area contributed by atoms with Crippen LogP contribution in [0, 0.1) is 11.8 Å². The maximum Gasteiger partial charge on any atom is 0.0168 e. The highest BCUT2D eigenvalue weighted by molar-refractivity contribution is 9.09. The first-order chi connectivity index (χ1) is 9.43. The van der Waals surface area contributed by atoms with E-state index in [9.17, 15) is 0 Å². The Hall–Kier alpha value is 0.960. The van der Waals surface area contributed by atoms with Gasteiger partial charge in [0.1, 0.15) is 0 Å². The Morgan fingerprint density at radius 2 is 1.05 bits per heavy atom. The molecule has 0 saturated heterocycles. The van der Waals surface area contributed by atoms with Gasteiger partial charge in [0.05, 0.1) is 0 Å². The second kappa shape index (κ2) is 13.6. The summed E-state index contributed by atoms with van der Waals surface area (Å²) in [5.41, 5.74) is 0. The van der Waals surface area contributed by atoms with Crippen molar-refractivity contribution in [2.45, 2.75) is 102 Å². The molecule has 0 aliphatic carbocycles. The predicted molar refractivity (Wildman–Crippen MR) is 101 cm³/mol. The molecular weight excluding hydrogens is 376 g/mol. The Morgan fingerprint density at radius 3 is 1.55 bits per heavy atom. The first kappa shape index (κ1) is 21.0. The van der Waals surface area contributed by atoms with Crippen molar-refractivity contribution >= 4 is 31.9 Å². The lowest BCUT2D eigenvalue weighted by Gasteiger charge is -2.14. The maximum absolute atomic E-state index is 3.78. The minimum atomic E-state index is 0.696. The predicted octanol–water partition coefficient (Wildman–Crippen LogP) is 7.73. The minimum Gasteiger partial charge on any atom is -0.0894 e. The molecule has 0 bridgehead atoms. The zero-order valence-corrected chi connectivity index (χ0v) is 17.3. The third kappa shape index (κ3) is 13.9. The van der Waals surface area contributed by atoms with Gasteiger partial charge in [0.25, 0.3) is 0 Å². The van der Waals surface area contributed by atoms with Gasteiger partial charge in [-0.15, -0.1) is 0 Å². The van der Waals surface area contributed by atoms with Gasteiger partial charge in [-0.3, -0.25) is 0 Å². The first-order valence-corrected chi connectivity index (χ1v) is 10.5. The molecule has 0 aromatic rings. The Morgan fingerprint density at radius 1 is 0.600 bits per heavy atom.